The molecule has 144 valence electrons. The number of carbonyl (C=O) groups excluding carboxylic acids is 1. The molecule has 3 rings (SSSR count). The van der Waals surface area contributed by atoms with Crippen molar-refractivity contribution in [3.63, 3.8) is 0 Å². The zero-order valence-electron chi connectivity index (χ0n) is 16.0. The summed E-state index contributed by atoms with van der Waals surface area (Å²) in [5.74, 6) is 0.298. The van der Waals surface area contributed by atoms with Crippen LogP contribution in [-0.4, -0.2) is 20.9 Å². The second kappa shape index (κ2) is 7.72. The summed E-state index contributed by atoms with van der Waals surface area (Å²) in [4.78, 5) is 14.0. The highest BCUT2D eigenvalue weighted by molar-refractivity contribution is 7.92. The molecule has 2 aromatic rings. The molecule has 0 spiro atoms. The summed E-state index contributed by atoms with van der Waals surface area (Å²) in [5, 5.41) is 0. The van der Waals surface area contributed by atoms with E-state index in [-0.39, 0.29) is 16.7 Å². The maximum Gasteiger partial charge on any atom is 0.261 e. The third-order valence-corrected chi connectivity index (χ3v) is 6.31. The van der Waals surface area contributed by atoms with Gasteiger partial charge in [0, 0.05) is 18.7 Å². The lowest BCUT2D eigenvalue weighted by Crippen LogP contribution is -2.35. The fourth-order valence-electron chi connectivity index (χ4n) is 3.39. The molecule has 1 fully saturated rings. The number of para-hydroxylation sites is 1. The minimum Gasteiger partial charge on any atom is -0.312 e. The number of nitrogens with zero attached hydrogens (tertiary/aromatic N) is 1. The number of carbonyl (C=O) groups is 1. The van der Waals surface area contributed by atoms with E-state index in [0.29, 0.717) is 18.7 Å². The predicted octanol–water partition coefficient (Wildman–Crippen LogP) is 4.44. The van der Waals surface area contributed by atoms with E-state index in [1.165, 1.54) is 0 Å². The van der Waals surface area contributed by atoms with Gasteiger partial charge in [0.15, 0.2) is 0 Å². The number of amides is 1. The van der Waals surface area contributed by atoms with Gasteiger partial charge >= 0.3 is 0 Å². The van der Waals surface area contributed by atoms with Gasteiger partial charge in [-0.15, -0.1) is 0 Å². The fourth-order valence-corrected chi connectivity index (χ4v) is 4.55. The molecule has 6 heteroatoms. The van der Waals surface area contributed by atoms with Crippen LogP contribution >= 0.6 is 0 Å². The van der Waals surface area contributed by atoms with Crippen LogP contribution in [0.3, 0.4) is 0 Å². The van der Waals surface area contributed by atoms with Crippen molar-refractivity contribution < 1.29 is 13.2 Å². The van der Waals surface area contributed by atoms with Gasteiger partial charge in [0.05, 0.1) is 10.6 Å². The first kappa shape index (κ1) is 19.4. The van der Waals surface area contributed by atoms with Crippen molar-refractivity contribution in [3.05, 3.63) is 53.6 Å². The molecule has 2 aromatic carbocycles. The van der Waals surface area contributed by atoms with Crippen LogP contribution in [0.5, 0.6) is 0 Å². The van der Waals surface area contributed by atoms with Gasteiger partial charge < -0.3 is 4.90 Å². The summed E-state index contributed by atoms with van der Waals surface area (Å²) in [7, 11) is -3.71. The van der Waals surface area contributed by atoms with Crippen LogP contribution in [0, 0.1) is 6.92 Å². The second-order valence-corrected chi connectivity index (χ2v) is 8.98. The monoisotopic (exact) mass is 386 g/mol. The summed E-state index contributed by atoms with van der Waals surface area (Å²) < 4.78 is 28.5. The molecule has 1 amide bonds. The van der Waals surface area contributed by atoms with Crippen LogP contribution in [0.1, 0.15) is 50.2 Å². The average molecular weight is 387 g/mol. The Labute approximate surface area is 161 Å². The van der Waals surface area contributed by atoms with Crippen molar-refractivity contribution in [2.45, 2.75) is 50.8 Å². The highest BCUT2D eigenvalue weighted by Gasteiger charge is 2.22. The largest absolute Gasteiger partial charge is 0.312 e. The minimum atomic E-state index is -3.71. The lowest BCUT2D eigenvalue weighted by molar-refractivity contribution is -0.119. The third kappa shape index (κ3) is 4.16. The number of aryl methyl sites for hydroxylation is 1. The number of sulfonamides is 1. The van der Waals surface area contributed by atoms with Crippen molar-refractivity contribution in [1.82, 2.24) is 0 Å². The molecule has 27 heavy (non-hydrogen) atoms. The molecular formula is C21H26N2O3S. The Kier molecular flexibility index (Phi) is 5.56. The molecule has 1 aliphatic rings. The first-order chi connectivity index (χ1) is 12.8. The van der Waals surface area contributed by atoms with E-state index in [1.807, 2.05) is 39.0 Å². The molecule has 0 saturated carbocycles. The summed E-state index contributed by atoms with van der Waals surface area (Å²) in [6, 6.07) is 12.3. The van der Waals surface area contributed by atoms with E-state index in [4.69, 9.17) is 0 Å². The Balaban J connectivity index is 1.87. The highest BCUT2D eigenvalue weighted by atomic mass is 32.2. The van der Waals surface area contributed by atoms with Crippen molar-refractivity contribution in [1.29, 1.82) is 0 Å². The van der Waals surface area contributed by atoms with Crippen LogP contribution in [0.25, 0.3) is 0 Å². The second-order valence-electron chi connectivity index (χ2n) is 7.30. The normalized spacial score (nSPS) is 15.3. The zero-order valence-corrected chi connectivity index (χ0v) is 16.8. The minimum absolute atomic E-state index is 0.0940. The highest BCUT2D eigenvalue weighted by Crippen LogP contribution is 2.30. The van der Waals surface area contributed by atoms with Gasteiger partial charge in [0.2, 0.25) is 5.91 Å². The van der Waals surface area contributed by atoms with Crippen LogP contribution < -0.4 is 9.62 Å². The van der Waals surface area contributed by atoms with E-state index in [2.05, 4.69) is 4.72 Å². The smallest absolute Gasteiger partial charge is 0.261 e. The Bertz CT molecular complexity index is 934. The van der Waals surface area contributed by atoms with Crippen LogP contribution in [0.4, 0.5) is 11.4 Å². The first-order valence-corrected chi connectivity index (χ1v) is 10.8. The summed E-state index contributed by atoms with van der Waals surface area (Å²) >= 11 is 0. The van der Waals surface area contributed by atoms with Crippen molar-refractivity contribution >= 4 is 27.3 Å². The number of anilines is 2. The van der Waals surface area contributed by atoms with E-state index in [1.54, 1.807) is 29.2 Å². The quantitative estimate of drug-likeness (QED) is 0.826. The first-order valence-electron chi connectivity index (χ1n) is 9.32. The maximum absolute atomic E-state index is 12.9. The molecule has 1 N–H and O–H groups in total. The molecule has 0 radical (unpaired) electrons. The lowest BCUT2D eigenvalue weighted by atomic mass is 9.99. The molecule has 0 aliphatic carbocycles. The standard InChI is InChI=1S/C21H26N2O3S/c1-15(2)19-8-6-7-16(3)21(19)22-27(25,26)18-12-10-17(11-13-18)23-14-5-4-9-20(23)24/h6-8,10-13,15,22H,4-5,9,14H2,1-3H3. The summed E-state index contributed by atoms with van der Waals surface area (Å²) in [5.41, 5.74) is 3.25. The van der Waals surface area contributed by atoms with E-state index >= 15 is 0 Å². The van der Waals surface area contributed by atoms with Gasteiger partial charge in [0.25, 0.3) is 10.0 Å². The van der Waals surface area contributed by atoms with Gasteiger partial charge in [-0.05, 0) is 61.1 Å². The topological polar surface area (TPSA) is 66.5 Å². The van der Waals surface area contributed by atoms with Crippen molar-refractivity contribution in [2.75, 3.05) is 16.2 Å². The molecule has 5 nitrogen and oxygen atoms in total. The van der Waals surface area contributed by atoms with Crippen LogP contribution in [-0.2, 0) is 14.8 Å². The molecule has 0 unspecified atom stereocenters. The van der Waals surface area contributed by atoms with Gasteiger partial charge in [-0.3, -0.25) is 9.52 Å². The number of benzene rings is 2. The number of nitrogens with one attached hydrogen (secondary N) is 1. The lowest BCUT2D eigenvalue weighted by Gasteiger charge is -2.26. The van der Waals surface area contributed by atoms with Gasteiger partial charge in [-0.2, -0.15) is 0 Å². The van der Waals surface area contributed by atoms with Gasteiger partial charge in [0.1, 0.15) is 0 Å². The summed E-state index contributed by atoms with van der Waals surface area (Å²) in [6.45, 7) is 6.66. The number of hydrogen-bond acceptors (Lipinski definition) is 3. The Morgan fingerprint density at radius 3 is 2.37 bits per heavy atom. The van der Waals surface area contributed by atoms with Crippen LogP contribution in [0.15, 0.2) is 47.4 Å². The number of rotatable bonds is 5. The zero-order chi connectivity index (χ0) is 19.6. The fraction of sp³-hybridized carbons (Fsp3) is 0.381. The predicted molar refractivity (Wildman–Crippen MR) is 109 cm³/mol. The van der Waals surface area contributed by atoms with E-state index in [9.17, 15) is 13.2 Å². The molecule has 0 atom stereocenters. The molecule has 1 saturated heterocycles. The van der Waals surface area contributed by atoms with E-state index < -0.39 is 10.0 Å². The van der Waals surface area contributed by atoms with Gasteiger partial charge in [-0.25, -0.2) is 8.42 Å². The van der Waals surface area contributed by atoms with Crippen molar-refractivity contribution in [2.24, 2.45) is 0 Å². The Morgan fingerprint density at radius 1 is 1.04 bits per heavy atom. The van der Waals surface area contributed by atoms with Crippen molar-refractivity contribution in [3.8, 4) is 0 Å². The SMILES string of the molecule is Cc1cccc(C(C)C)c1NS(=O)(=O)c1ccc(N2CCCCC2=O)cc1. The average Bonchev–Trinajstić information content (AvgIpc) is 2.63. The molecule has 0 aromatic heterocycles. The van der Waals surface area contributed by atoms with E-state index in [0.717, 1.165) is 29.7 Å². The molecule has 1 heterocycles. The van der Waals surface area contributed by atoms with Crippen LogP contribution in [0.2, 0.25) is 0 Å². The molecule has 1 aliphatic heterocycles. The number of hydrogen-bond donors (Lipinski definition) is 1. The maximum atomic E-state index is 12.9. The summed E-state index contributed by atoms with van der Waals surface area (Å²) in [6.07, 6.45) is 2.44. The molecular weight excluding hydrogens is 360 g/mol. The van der Waals surface area contributed by atoms with Gasteiger partial charge in [-0.1, -0.05) is 32.0 Å². The number of piperidine rings is 1. The third-order valence-electron chi connectivity index (χ3n) is 4.95. The molecule has 0 bridgehead atoms. The Hall–Kier alpha value is -2.34. The Morgan fingerprint density at radius 2 is 1.74 bits per heavy atom.